The number of nitrogens with zero attached hydrogens (tertiary/aromatic N) is 1. The molecule has 0 unspecified atom stereocenters. The van der Waals surface area contributed by atoms with Gasteiger partial charge in [0.05, 0.1) is 19.9 Å². The number of benzene rings is 2. The Morgan fingerprint density at radius 3 is 2.62 bits per heavy atom. The first-order valence-corrected chi connectivity index (χ1v) is 8.65. The number of carbonyl (C=O) groups is 3. The van der Waals surface area contributed by atoms with E-state index in [9.17, 15) is 14.4 Å². The van der Waals surface area contributed by atoms with Crippen LogP contribution < -0.4 is 25.9 Å². The van der Waals surface area contributed by atoms with Gasteiger partial charge in [-0.25, -0.2) is 5.43 Å². The molecule has 3 amide bonds. The van der Waals surface area contributed by atoms with Gasteiger partial charge in [0, 0.05) is 5.56 Å². The number of aryl methyl sites for hydroxylation is 1. The van der Waals surface area contributed by atoms with Gasteiger partial charge >= 0.3 is 0 Å². The summed E-state index contributed by atoms with van der Waals surface area (Å²) in [5, 5.41) is 6.36. The van der Waals surface area contributed by atoms with Gasteiger partial charge in [0.2, 0.25) is 0 Å². The Kier molecular flexibility index (Phi) is 7.72. The summed E-state index contributed by atoms with van der Waals surface area (Å²) in [4.78, 5) is 34.6. The van der Waals surface area contributed by atoms with Gasteiger partial charge in [0.25, 0.3) is 17.7 Å². The highest BCUT2D eigenvalue weighted by Gasteiger charge is 2.08. The molecule has 0 spiro atoms. The van der Waals surface area contributed by atoms with Crippen LogP contribution in [0.4, 0.5) is 0 Å². The summed E-state index contributed by atoms with van der Waals surface area (Å²) in [6, 6.07) is 11.9. The number of primary amides is 1. The third kappa shape index (κ3) is 6.98. The van der Waals surface area contributed by atoms with E-state index in [2.05, 4.69) is 15.8 Å². The topological polar surface area (TPSA) is 132 Å². The number of ether oxygens (including phenoxy) is 2. The first kappa shape index (κ1) is 21.4. The van der Waals surface area contributed by atoms with Crippen LogP contribution >= 0.6 is 0 Å². The second kappa shape index (κ2) is 10.5. The minimum absolute atomic E-state index is 0.215. The maximum Gasteiger partial charge on any atom is 0.259 e. The number of hydrogen-bond donors (Lipinski definition) is 3. The van der Waals surface area contributed by atoms with Crippen molar-refractivity contribution in [1.82, 2.24) is 10.7 Å². The summed E-state index contributed by atoms with van der Waals surface area (Å²) in [7, 11) is 1.45. The Bertz CT molecular complexity index is 927. The Morgan fingerprint density at radius 1 is 1.14 bits per heavy atom. The number of methoxy groups -OCH3 is 1. The van der Waals surface area contributed by atoms with E-state index in [0.717, 1.165) is 5.56 Å². The molecule has 152 valence electrons. The molecule has 2 rings (SSSR count). The second-order valence-corrected chi connectivity index (χ2v) is 6.01. The fraction of sp³-hybridized carbons (Fsp3) is 0.200. The molecule has 0 saturated carbocycles. The highest BCUT2D eigenvalue weighted by molar-refractivity contribution is 5.96. The van der Waals surface area contributed by atoms with Gasteiger partial charge in [-0.3, -0.25) is 14.4 Å². The Balaban J connectivity index is 1.86. The molecular weight excluding hydrogens is 376 g/mol. The zero-order chi connectivity index (χ0) is 21.2. The third-order valence-corrected chi connectivity index (χ3v) is 3.65. The van der Waals surface area contributed by atoms with Crippen LogP contribution in [0, 0.1) is 6.92 Å². The molecule has 0 heterocycles. The van der Waals surface area contributed by atoms with Gasteiger partial charge in [-0.2, -0.15) is 5.10 Å². The van der Waals surface area contributed by atoms with Crippen molar-refractivity contribution in [2.45, 2.75) is 6.92 Å². The van der Waals surface area contributed by atoms with Crippen LogP contribution in [-0.4, -0.2) is 44.2 Å². The number of amides is 3. The summed E-state index contributed by atoms with van der Waals surface area (Å²) in [5.41, 5.74) is 9.42. The number of rotatable bonds is 9. The van der Waals surface area contributed by atoms with E-state index >= 15 is 0 Å². The average molecular weight is 398 g/mol. The molecule has 0 aromatic heterocycles. The number of nitrogens with two attached hydrogens (primary N) is 1. The van der Waals surface area contributed by atoms with E-state index in [1.807, 2.05) is 13.0 Å². The predicted molar refractivity (Wildman–Crippen MR) is 107 cm³/mol. The molecule has 9 heteroatoms. The quantitative estimate of drug-likeness (QED) is 0.424. The standard InChI is InChI=1S/C20H22N4O5/c1-13-4-3-5-15(8-13)20(27)22-11-19(26)24-23-10-14-6-7-16(17(9-14)28-2)29-12-18(21)25/h3-10H,11-12H2,1-2H3,(H2,21,25)(H,22,27)(H,24,26). The van der Waals surface area contributed by atoms with Crippen LogP contribution in [0.3, 0.4) is 0 Å². The maximum atomic E-state index is 12.0. The molecule has 0 fully saturated rings. The summed E-state index contributed by atoms with van der Waals surface area (Å²) in [5.74, 6) is -0.687. The van der Waals surface area contributed by atoms with Crippen LogP contribution in [0.25, 0.3) is 0 Å². The molecule has 0 radical (unpaired) electrons. The smallest absolute Gasteiger partial charge is 0.259 e. The summed E-state index contributed by atoms with van der Waals surface area (Å²) in [6.45, 7) is 1.39. The van der Waals surface area contributed by atoms with Crippen LogP contribution in [-0.2, 0) is 9.59 Å². The minimum Gasteiger partial charge on any atom is -0.493 e. The highest BCUT2D eigenvalue weighted by atomic mass is 16.5. The molecule has 0 bridgehead atoms. The SMILES string of the molecule is COc1cc(C=NNC(=O)CNC(=O)c2cccc(C)c2)ccc1OCC(N)=O. The zero-order valence-electron chi connectivity index (χ0n) is 16.1. The van der Waals surface area contributed by atoms with E-state index in [1.165, 1.54) is 13.3 Å². The van der Waals surface area contributed by atoms with Gasteiger partial charge in [-0.15, -0.1) is 0 Å². The number of hydrogen-bond acceptors (Lipinski definition) is 6. The van der Waals surface area contributed by atoms with Crippen LogP contribution in [0.1, 0.15) is 21.5 Å². The van der Waals surface area contributed by atoms with Crippen LogP contribution in [0.2, 0.25) is 0 Å². The Labute approximate surface area is 167 Å². The number of carbonyl (C=O) groups excluding carboxylic acids is 3. The third-order valence-electron chi connectivity index (χ3n) is 3.65. The molecule has 2 aromatic rings. The van der Waals surface area contributed by atoms with Gasteiger partial charge in [-0.1, -0.05) is 17.7 Å². The normalized spacial score (nSPS) is 10.4. The van der Waals surface area contributed by atoms with Crippen molar-refractivity contribution < 1.29 is 23.9 Å². The van der Waals surface area contributed by atoms with Crippen molar-refractivity contribution in [3.05, 3.63) is 59.2 Å². The first-order valence-electron chi connectivity index (χ1n) is 8.65. The van der Waals surface area contributed by atoms with Crippen molar-refractivity contribution in [2.24, 2.45) is 10.8 Å². The van der Waals surface area contributed by atoms with Gasteiger partial charge in [-0.05, 0) is 42.8 Å². The lowest BCUT2D eigenvalue weighted by Crippen LogP contribution is -2.34. The van der Waals surface area contributed by atoms with Crippen molar-refractivity contribution in [2.75, 3.05) is 20.3 Å². The minimum atomic E-state index is -0.602. The molecule has 0 aliphatic rings. The van der Waals surface area contributed by atoms with Crippen molar-refractivity contribution in [3.63, 3.8) is 0 Å². The van der Waals surface area contributed by atoms with Crippen molar-refractivity contribution in [1.29, 1.82) is 0 Å². The summed E-state index contributed by atoms with van der Waals surface area (Å²) in [6.07, 6.45) is 1.40. The Morgan fingerprint density at radius 2 is 1.93 bits per heavy atom. The van der Waals surface area contributed by atoms with E-state index in [4.69, 9.17) is 15.2 Å². The number of nitrogens with one attached hydrogen (secondary N) is 2. The molecule has 4 N–H and O–H groups in total. The van der Waals surface area contributed by atoms with Gasteiger partial charge in [0.15, 0.2) is 18.1 Å². The fourth-order valence-corrected chi connectivity index (χ4v) is 2.30. The second-order valence-electron chi connectivity index (χ2n) is 6.01. The average Bonchev–Trinajstić information content (AvgIpc) is 2.70. The van der Waals surface area contributed by atoms with Gasteiger partial charge in [0.1, 0.15) is 0 Å². The molecule has 0 atom stereocenters. The van der Waals surface area contributed by atoms with E-state index < -0.39 is 11.8 Å². The molecule has 0 aliphatic heterocycles. The molecule has 0 aliphatic carbocycles. The highest BCUT2D eigenvalue weighted by Crippen LogP contribution is 2.27. The number of hydrazone groups is 1. The zero-order valence-corrected chi connectivity index (χ0v) is 16.1. The molecule has 29 heavy (non-hydrogen) atoms. The fourth-order valence-electron chi connectivity index (χ4n) is 2.30. The lowest BCUT2D eigenvalue weighted by Gasteiger charge is -2.09. The monoisotopic (exact) mass is 398 g/mol. The first-order chi connectivity index (χ1) is 13.9. The van der Waals surface area contributed by atoms with Crippen molar-refractivity contribution >= 4 is 23.9 Å². The van der Waals surface area contributed by atoms with Crippen LogP contribution in [0.5, 0.6) is 11.5 Å². The Hall–Kier alpha value is -3.88. The lowest BCUT2D eigenvalue weighted by atomic mass is 10.1. The molecule has 9 nitrogen and oxygen atoms in total. The molecular formula is C20H22N4O5. The van der Waals surface area contributed by atoms with E-state index in [0.29, 0.717) is 22.6 Å². The summed E-state index contributed by atoms with van der Waals surface area (Å²) < 4.78 is 10.4. The maximum absolute atomic E-state index is 12.0. The largest absolute Gasteiger partial charge is 0.493 e. The summed E-state index contributed by atoms with van der Waals surface area (Å²) >= 11 is 0. The van der Waals surface area contributed by atoms with Gasteiger partial charge < -0.3 is 20.5 Å². The van der Waals surface area contributed by atoms with E-state index in [1.54, 1.807) is 36.4 Å². The molecule has 2 aromatic carbocycles. The predicted octanol–water partition coefficient (Wildman–Crippen LogP) is 0.748. The van der Waals surface area contributed by atoms with Crippen molar-refractivity contribution in [3.8, 4) is 11.5 Å². The lowest BCUT2D eigenvalue weighted by molar-refractivity contribution is -0.120. The molecule has 0 saturated heterocycles. The van der Waals surface area contributed by atoms with E-state index in [-0.39, 0.29) is 19.1 Å². The van der Waals surface area contributed by atoms with Crippen LogP contribution in [0.15, 0.2) is 47.6 Å².